The Hall–Kier alpha value is -2.75. The molecule has 3 rings (SSSR count). The van der Waals surface area contributed by atoms with Crippen LogP contribution in [0.4, 0.5) is 18.9 Å². The van der Waals surface area contributed by atoms with Gasteiger partial charge in [-0.3, -0.25) is 4.79 Å². The maximum atomic E-state index is 12.8. The van der Waals surface area contributed by atoms with Crippen molar-refractivity contribution in [2.45, 2.75) is 38.1 Å². The Morgan fingerprint density at radius 2 is 2.07 bits per heavy atom. The lowest BCUT2D eigenvalue weighted by molar-refractivity contribution is -0.137. The molecule has 0 aliphatic rings. The summed E-state index contributed by atoms with van der Waals surface area (Å²) in [6.07, 6.45) is -2.05. The topological polar surface area (TPSA) is 73.0 Å². The quantitative estimate of drug-likeness (QED) is 0.540. The second kappa shape index (κ2) is 8.73. The molecule has 0 aliphatic carbocycles. The molecular weight excluding hydrogens is 405 g/mol. The summed E-state index contributed by atoms with van der Waals surface area (Å²) in [4.78, 5) is 12.2. The van der Waals surface area contributed by atoms with E-state index in [2.05, 4.69) is 15.5 Å². The zero-order chi connectivity index (χ0) is 21.0. The normalized spacial score (nSPS) is 11.6. The van der Waals surface area contributed by atoms with Gasteiger partial charge >= 0.3 is 6.18 Å². The third kappa shape index (κ3) is 5.00. The van der Waals surface area contributed by atoms with E-state index < -0.39 is 17.6 Å². The summed E-state index contributed by atoms with van der Waals surface area (Å²) in [6.45, 7) is 4.50. The molecule has 29 heavy (non-hydrogen) atoms. The van der Waals surface area contributed by atoms with Crippen LogP contribution < -0.4 is 5.32 Å². The molecule has 2 aromatic heterocycles. The van der Waals surface area contributed by atoms with E-state index in [0.29, 0.717) is 23.3 Å². The summed E-state index contributed by atoms with van der Waals surface area (Å²) in [5, 5.41) is 11.4. The minimum absolute atomic E-state index is 0.0114. The molecule has 0 saturated carbocycles. The number of carbonyl (C=O) groups is 1. The maximum Gasteiger partial charge on any atom is 0.416 e. The van der Waals surface area contributed by atoms with Gasteiger partial charge in [-0.2, -0.15) is 13.2 Å². The number of furan rings is 1. The molecule has 2 heterocycles. The van der Waals surface area contributed by atoms with Gasteiger partial charge in [0.2, 0.25) is 5.91 Å². The van der Waals surface area contributed by atoms with E-state index in [4.69, 9.17) is 4.42 Å². The van der Waals surface area contributed by atoms with Gasteiger partial charge in [0, 0.05) is 12.2 Å². The molecule has 0 radical (unpaired) electrons. The molecule has 154 valence electrons. The molecule has 6 nitrogen and oxygen atoms in total. The first-order valence-corrected chi connectivity index (χ1v) is 9.85. The highest BCUT2D eigenvalue weighted by Gasteiger charge is 2.30. The monoisotopic (exact) mass is 424 g/mol. The van der Waals surface area contributed by atoms with E-state index >= 15 is 0 Å². The van der Waals surface area contributed by atoms with Gasteiger partial charge in [-0.1, -0.05) is 24.8 Å². The summed E-state index contributed by atoms with van der Waals surface area (Å²) in [5.74, 6) is 0.927. The summed E-state index contributed by atoms with van der Waals surface area (Å²) < 4.78 is 45.6. The van der Waals surface area contributed by atoms with Crippen LogP contribution in [0.5, 0.6) is 0 Å². The van der Waals surface area contributed by atoms with Crippen molar-refractivity contribution in [2.75, 3.05) is 11.1 Å². The van der Waals surface area contributed by atoms with Crippen LogP contribution in [0.1, 0.15) is 24.7 Å². The van der Waals surface area contributed by atoms with E-state index in [9.17, 15) is 18.0 Å². The number of benzene rings is 1. The molecule has 3 aromatic rings. The van der Waals surface area contributed by atoms with Crippen molar-refractivity contribution in [3.63, 3.8) is 0 Å². The Kier molecular flexibility index (Phi) is 6.31. The highest BCUT2D eigenvalue weighted by atomic mass is 32.2. The Morgan fingerprint density at radius 1 is 1.28 bits per heavy atom. The summed E-state index contributed by atoms with van der Waals surface area (Å²) in [7, 11) is 0. The molecule has 1 N–H and O–H groups in total. The number of carbonyl (C=O) groups excluding carboxylic acids is 1. The van der Waals surface area contributed by atoms with Crippen LogP contribution in [0, 0.1) is 6.92 Å². The molecule has 10 heteroatoms. The molecule has 0 aliphatic heterocycles. The molecule has 1 aromatic carbocycles. The average Bonchev–Trinajstić information content (AvgIpc) is 3.25. The first-order valence-electron chi connectivity index (χ1n) is 8.87. The van der Waals surface area contributed by atoms with Gasteiger partial charge in [-0.05, 0) is 37.6 Å². The van der Waals surface area contributed by atoms with Gasteiger partial charge in [-0.15, -0.1) is 10.2 Å². The first-order chi connectivity index (χ1) is 13.8. The van der Waals surface area contributed by atoms with Gasteiger partial charge in [0.25, 0.3) is 0 Å². The minimum Gasteiger partial charge on any atom is -0.469 e. The van der Waals surface area contributed by atoms with Gasteiger partial charge in [-0.25, -0.2) is 0 Å². The largest absolute Gasteiger partial charge is 0.469 e. The predicted octanol–water partition coefficient (Wildman–Crippen LogP) is 5.01. The lowest BCUT2D eigenvalue weighted by atomic mass is 10.2. The zero-order valence-electron chi connectivity index (χ0n) is 15.8. The lowest BCUT2D eigenvalue weighted by Crippen LogP contribution is -2.15. The minimum atomic E-state index is -4.46. The summed E-state index contributed by atoms with van der Waals surface area (Å²) in [5.41, 5.74) is 0.104. The number of aromatic nitrogens is 3. The van der Waals surface area contributed by atoms with Crippen molar-refractivity contribution in [1.82, 2.24) is 14.8 Å². The van der Waals surface area contributed by atoms with E-state index in [1.165, 1.54) is 23.9 Å². The lowest BCUT2D eigenvalue weighted by Gasteiger charge is -2.10. The van der Waals surface area contributed by atoms with Crippen molar-refractivity contribution in [3.8, 4) is 11.4 Å². The number of aryl methyl sites for hydroxylation is 1. The Morgan fingerprint density at radius 3 is 2.72 bits per heavy atom. The van der Waals surface area contributed by atoms with Crippen LogP contribution >= 0.6 is 11.8 Å². The number of amides is 1. The number of thioether (sulfide) groups is 1. The fourth-order valence-corrected chi connectivity index (χ4v) is 3.50. The fourth-order valence-electron chi connectivity index (χ4n) is 2.74. The molecule has 1 amide bonds. The number of anilines is 1. The van der Waals surface area contributed by atoms with Crippen LogP contribution in [-0.2, 0) is 17.5 Å². The van der Waals surface area contributed by atoms with E-state index in [1.54, 1.807) is 12.3 Å². The number of alkyl halides is 3. The molecule has 0 saturated heterocycles. The number of halogens is 3. The van der Waals surface area contributed by atoms with E-state index in [1.807, 2.05) is 18.4 Å². The Balaban J connectivity index is 1.69. The van der Waals surface area contributed by atoms with Crippen molar-refractivity contribution in [1.29, 1.82) is 0 Å². The van der Waals surface area contributed by atoms with Crippen LogP contribution in [0.25, 0.3) is 11.4 Å². The van der Waals surface area contributed by atoms with Crippen molar-refractivity contribution in [2.24, 2.45) is 0 Å². The van der Waals surface area contributed by atoms with Crippen LogP contribution in [0.15, 0.2) is 46.2 Å². The SMILES string of the molecule is CCCn1c(SCC(=O)Nc2cccc(C(F)(F)F)c2)nnc1-c1ccoc1C. The summed E-state index contributed by atoms with van der Waals surface area (Å²) >= 11 is 1.17. The molecule has 0 unspecified atom stereocenters. The zero-order valence-corrected chi connectivity index (χ0v) is 16.6. The van der Waals surface area contributed by atoms with Crippen LogP contribution in [0.2, 0.25) is 0 Å². The van der Waals surface area contributed by atoms with E-state index in [-0.39, 0.29) is 11.4 Å². The van der Waals surface area contributed by atoms with Crippen molar-refractivity contribution < 1.29 is 22.4 Å². The maximum absolute atomic E-state index is 12.8. The highest BCUT2D eigenvalue weighted by Crippen LogP contribution is 2.31. The first kappa shape index (κ1) is 21.0. The number of rotatable bonds is 7. The summed E-state index contributed by atoms with van der Waals surface area (Å²) in [6, 6.07) is 6.33. The molecule has 0 spiro atoms. The van der Waals surface area contributed by atoms with E-state index in [0.717, 1.165) is 24.1 Å². The van der Waals surface area contributed by atoms with Crippen molar-refractivity contribution >= 4 is 23.4 Å². The number of nitrogens with one attached hydrogen (secondary N) is 1. The predicted molar refractivity (Wildman–Crippen MR) is 104 cm³/mol. The van der Waals surface area contributed by atoms with Gasteiger partial charge in [0.15, 0.2) is 11.0 Å². The second-order valence-electron chi connectivity index (χ2n) is 6.26. The Labute approximate surface area is 169 Å². The number of nitrogens with zero attached hydrogens (tertiary/aromatic N) is 3. The molecule has 0 bridgehead atoms. The third-order valence-electron chi connectivity index (χ3n) is 4.07. The van der Waals surface area contributed by atoms with Gasteiger partial charge in [0.1, 0.15) is 5.76 Å². The second-order valence-corrected chi connectivity index (χ2v) is 7.21. The average molecular weight is 424 g/mol. The highest BCUT2D eigenvalue weighted by molar-refractivity contribution is 7.99. The Bertz CT molecular complexity index is 998. The molecule has 0 fully saturated rings. The third-order valence-corrected chi connectivity index (χ3v) is 5.04. The van der Waals surface area contributed by atoms with Crippen molar-refractivity contribution in [3.05, 3.63) is 47.9 Å². The molecular formula is C19H19F3N4O2S. The number of hydrogen-bond donors (Lipinski definition) is 1. The number of hydrogen-bond acceptors (Lipinski definition) is 5. The molecule has 0 atom stereocenters. The fraction of sp³-hybridized carbons (Fsp3) is 0.316. The van der Waals surface area contributed by atoms with Gasteiger partial charge < -0.3 is 14.3 Å². The van der Waals surface area contributed by atoms with Crippen LogP contribution in [-0.4, -0.2) is 26.4 Å². The standard InChI is InChI=1S/C19H19F3N4O2S/c1-3-8-26-17(15-7-9-28-12(15)2)24-25-18(26)29-11-16(27)23-14-6-4-5-13(10-14)19(20,21)22/h4-7,9-10H,3,8,11H2,1-2H3,(H,23,27). The van der Waals surface area contributed by atoms with Crippen LogP contribution in [0.3, 0.4) is 0 Å². The van der Waals surface area contributed by atoms with Gasteiger partial charge in [0.05, 0.1) is 23.1 Å². The smallest absolute Gasteiger partial charge is 0.416 e.